The Balaban J connectivity index is 3.88. The Kier molecular flexibility index (Phi) is 9.12. The van der Waals surface area contributed by atoms with Crippen LogP contribution >= 0.6 is 0 Å². The number of hydrogen-bond acceptors (Lipinski definition) is 2. The SMILES string of the molecule is CCNCC(CC)(CC)CCCCOC. The minimum atomic E-state index is 0.518. The molecule has 0 saturated heterocycles. The van der Waals surface area contributed by atoms with E-state index in [2.05, 4.69) is 26.1 Å². The molecule has 0 saturated carbocycles. The highest BCUT2D eigenvalue weighted by atomic mass is 16.5. The van der Waals surface area contributed by atoms with E-state index in [9.17, 15) is 0 Å². The van der Waals surface area contributed by atoms with E-state index < -0.39 is 0 Å². The molecule has 15 heavy (non-hydrogen) atoms. The zero-order chi connectivity index (χ0) is 11.6. The third-order valence-corrected chi connectivity index (χ3v) is 3.56. The smallest absolute Gasteiger partial charge is 0.0462 e. The first kappa shape index (κ1) is 14.9. The van der Waals surface area contributed by atoms with E-state index in [-0.39, 0.29) is 0 Å². The van der Waals surface area contributed by atoms with Crippen LogP contribution in [-0.2, 0) is 4.74 Å². The summed E-state index contributed by atoms with van der Waals surface area (Å²) in [5.74, 6) is 0. The second-order valence-corrected chi connectivity index (χ2v) is 4.44. The van der Waals surface area contributed by atoms with Crippen LogP contribution in [0, 0.1) is 5.41 Å². The van der Waals surface area contributed by atoms with Crippen molar-refractivity contribution in [2.24, 2.45) is 5.41 Å². The van der Waals surface area contributed by atoms with Crippen molar-refractivity contribution in [3.8, 4) is 0 Å². The molecular weight excluding hydrogens is 186 g/mol. The van der Waals surface area contributed by atoms with E-state index in [0.29, 0.717) is 5.41 Å². The zero-order valence-corrected chi connectivity index (χ0v) is 11.1. The molecule has 0 aliphatic rings. The summed E-state index contributed by atoms with van der Waals surface area (Å²) in [4.78, 5) is 0. The molecule has 0 aromatic heterocycles. The van der Waals surface area contributed by atoms with Gasteiger partial charge in [0.25, 0.3) is 0 Å². The van der Waals surface area contributed by atoms with E-state index in [0.717, 1.165) is 13.2 Å². The molecule has 0 fully saturated rings. The lowest BCUT2D eigenvalue weighted by Crippen LogP contribution is -2.33. The molecule has 0 aliphatic carbocycles. The van der Waals surface area contributed by atoms with Crippen LogP contribution in [0.5, 0.6) is 0 Å². The molecule has 0 spiro atoms. The highest BCUT2D eigenvalue weighted by Gasteiger charge is 2.24. The highest BCUT2D eigenvalue weighted by molar-refractivity contribution is 4.78. The largest absolute Gasteiger partial charge is 0.385 e. The molecule has 0 aliphatic heterocycles. The maximum absolute atomic E-state index is 5.09. The van der Waals surface area contributed by atoms with Gasteiger partial charge in [0.05, 0.1) is 0 Å². The first-order chi connectivity index (χ1) is 7.24. The Hall–Kier alpha value is -0.0800. The first-order valence-electron chi connectivity index (χ1n) is 6.44. The van der Waals surface area contributed by atoms with Gasteiger partial charge >= 0.3 is 0 Å². The first-order valence-corrected chi connectivity index (χ1v) is 6.44. The summed E-state index contributed by atoms with van der Waals surface area (Å²) in [7, 11) is 1.78. The van der Waals surface area contributed by atoms with Crippen molar-refractivity contribution in [1.82, 2.24) is 5.32 Å². The van der Waals surface area contributed by atoms with Gasteiger partial charge in [0.15, 0.2) is 0 Å². The van der Waals surface area contributed by atoms with Gasteiger partial charge in [0, 0.05) is 20.3 Å². The average molecular weight is 215 g/mol. The lowest BCUT2D eigenvalue weighted by molar-refractivity contribution is 0.174. The van der Waals surface area contributed by atoms with Gasteiger partial charge in [-0.05, 0) is 37.6 Å². The predicted molar refractivity (Wildman–Crippen MR) is 67.3 cm³/mol. The van der Waals surface area contributed by atoms with E-state index in [4.69, 9.17) is 4.74 Å². The van der Waals surface area contributed by atoms with Gasteiger partial charge in [-0.2, -0.15) is 0 Å². The van der Waals surface area contributed by atoms with Crippen molar-refractivity contribution in [2.75, 3.05) is 26.8 Å². The van der Waals surface area contributed by atoms with Gasteiger partial charge < -0.3 is 10.1 Å². The normalized spacial score (nSPS) is 12.0. The van der Waals surface area contributed by atoms with Crippen molar-refractivity contribution >= 4 is 0 Å². The van der Waals surface area contributed by atoms with Crippen molar-refractivity contribution in [3.63, 3.8) is 0 Å². The monoisotopic (exact) mass is 215 g/mol. The lowest BCUT2D eigenvalue weighted by Gasteiger charge is -2.32. The quantitative estimate of drug-likeness (QED) is 0.565. The number of hydrogen-bond donors (Lipinski definition) is 1. The van der Waals surface area contributed by atoms with Crippen molar-refractivity contribution in [3.05, 3.63) is 0 Å². The fourth-order valence-corrected chi connectivity index (χ4v) is 2.08. The standard InChI is InChI=1S/C13H29NO/c1-5-13(6-2,12-14-7-3)10-8-9-11-15-4/h14H,5-12H2,1-4H3. The highest BCUT2D eigenvalue weighted by Crippen LogP contribution is 2.31. The minimum Gasteiger partial charge on any atom is -0.385 e. The maximum Gasteiger partial charge on any atom is 0.0462 e. The molecule has 0 rings (SSSR count). The zero-order valence-electron chi connectivity index (χ0n) is 11.1. The van der Waals surface area contributed by atoms with Crippen LogP contribution < -0.4 is 5.32 Å². The van der Waals surface area contributed by atoms with Gasteiger partial charge in [-0.3, -0.25) is 0 Å². The van der Waals surface area contributed by atoms with Crippen LogP contribution in [0.4, 0.5) is 0 Å². The molecule has 2 heteroatoms. The number of methoxy groups -OCH3 is 1. The summed E-state index contributed by atoms with van der Waals surface area (Å²) in [5.41, 5.74) is 0.518. The molecule has 0 aromatic rings. The number of rotatable bonds is 10. The van der Waals surface area contributed by atoms with E-state index in [1.165, 1.54) is 38.6 Å². The van der Waals surface area contributed by atoms with E-state index in [1.54, 1.807) is 7.11 Å². The van der Waals surface area contributed by atoms with Crippen LogP contribution in [0.1, 0.15) is 52.9 Å². The molecular formula is C13H29NO. The van der Waals surface area contributed by atoms with Gasteiger partial charge in [-0.1, -0.05) is 27.2 Å². The summed E-state index contributed by atoms with van der Waals surface area (Å²) in [5, 5.41) is 3.50. The molecule has 92 valence electrons. The van der Waals surface area contributed by atoms with Crippen LogP contribution in [0.15, 0.2) is 0 Å². The molecule has 1 N–H and O–H groups in total. The lowest BCUT2D eigenvalue weighted by atomic mass is 9.78. The van der Waals surface area contributed by atoms with Crippen LogP contribution in [0.25, 0.3) is 0 Å². The maximum atomic E-state index is 5.09. The summed E-state index contributed by atoms with van der Waals surface area (Å²) in [6.07, 6.45) is 6.38. The second-order valence-electron chi connectivity index (χ2n) is 4.44. The van der Waals surface area contributed by atoms with Crippen molar-refractivity contribution in [1.29, 1.82) is 0 Å². The van der Waals surface area contributed by atoms with Gasteiger partial charge in [0.1, 0.15) is 0 Å². The van der Waals surface area contributed by atoms with Crippen LogP contribution in [0.3, 0.4) is 0 Å². The number of ether oxygens (including phenoxy) is 1. The summed E-state index contributed by atoms with van der Waals surface area (Å²) >= 11 is 0. The molecule has 0 heterocycles. The van der Waals surface area contributed by atoms with Gasteiger partial charge in [-0.15, -0.1) is 0 Å². The third-order valence-electron chi connectivity index (χ3n) is 3.56. The molecule has 0 atom stereocenters. The van der Waals surface area contributed by atoms with Gasteiger partial charge in [-0.25, -0.2) is 0 Å². The summed E-state index contributed by atoms with van der Waals surface area (Å²) < 4.78 is 5.09. The Morgan fingerprint density at radius 2 is 1.73 bits per heavy atom. The molecule has 0 unspecified atom stereocenters. The van der Waals surface area contributed by atoms with Crippen LogP contribution in [0.2, 0.25) is 0 Å². The Morgan fingerprint density at radius 3 is 2.20 bits per heavy atom. The predicted octanol–water partition coefficient (Wildman–Crippen LogP) is 3.22. The van der Waals surface area contributed by atoms with E-state index >= 15 is 0 Å². The Morgan fingerprint density at radius 1 is 1.07 bits per heavy atom. The fourth-order valence-electron chi connectivity index (χ4n) is 2.08. The fraction of sp³-hybridized carbons (Fsp3) is 1.00. The average Bonchev–Trinajstić information content (AvgIpc) is 2.29. The Bertz CT molecular complexity index is 132. The minimum absolute atomic E-state index is 0.518. The molecule has 0 bridgehead atoms. The number of unbranched alkanes of at least 4 members (excludes halogenated alkanes) is 1. The summed E-state index contributed by atoms with van der Waals surface area (Å²) in [6.45, 7) is 9.98. The molecule has 0 aromatic carbocycles. The molecule has 0 radical (unpaired) electrons. The van der Waals surface area contributed by atoms with Gasteiger partial charge in [0.2, 0.25) is 0 Å². The Labute approximate surface area is 95.8 Å². The van der Waals surface area contributed by atoms with Crippen molar-refractivity contribution < 1.29 is 4.74 Å². The molecule has 2 nitrogen and oxygen atoms in total. The van der Waals surface area contributed by atoms with Crippen LogP contribution in [-0.4, -0.2) is 26.8 Å². The topological polar surface area (TPSA) is 21.3 Å². The third kappa shape index (κ3) is 6.16. The summed E-state index contributed by atoms with van der Waals surface area (Å²) in [6, 6.07) is 0. The van der Waals surface area contributed by atoms with E-state index in [1.807, 2.05) is 0 Å². The second kappa shape index (κ2) is 9.17. The molecule has 0 amide bonds. The van der Waals surface area contributed by atoms with Crippen molar-refractivity contribution in [2.45, 2.75) is 52.9 Å². The number of nitrogens with one attached hydrogen (secondary N) is 1.